The van der Waals surface area contributed by atoms with E-state index >= 15 is 0 Å². The number of nitrogens with one attached hydrogen (secondary N) is 1. The number of halogens is 1. The van der Waals surface area contributed by atoms with Crippen molar-refractivity contribution in [1.29, 1.82) is 0 Å². The number of carboxylic acid groups (broad SMARTS) is 1. The standard InChI is InChI=1S/C16H18ClN7O3/c1-2-22-8-11(7-18-22)9-24-10-12(17)15(21-24)19-14(25)4-6-23-5-3-13(20-23)16(26)27/h3,5,7-8,10H,2,4,6,9H2,1H3,(H,26,27)(H,19,21,25). The molecule has 0 aliphatic carbocycles. The summed E-state index contributed by atoms with van der Waals surface area (Å²) in [6, 6.07) is 1.37. The summed E-state index contributed by atoms with van der Waals surface area (Å²) in [5.74, 6) is -1.13. The molecule has 0 unspecified atom stereocenters. The molecule has 0 aliphatic heterocycles. The molecule has 11 heteroatoms. The first kappa shape index (κ1) is 18.6. The molecule has 0 saturated carbocycles. The van der Waals surface area contributed by atoms with Gasteiger partial charge in [-0.1, -0.05) is 11.6 Å². The van der Waals surface area contributed by atoms with E-state index in [1.54, 1.807) is 17.1 Å². The van der Waals surface area contributed by atoms with Gasteiger partial charge in [-0.25, -0.2) is 4.79 Å². The Labute approximate surface area is 159 Å². The third kappa shape index (κ3) is 4.73. The highest BCUT2D eigenvalue weighted by atomic mass is 35.5. The van der Waals surface area contributed by atoms with E-state index in [1.807, 2.05) is 17.8 Å². The van der Waals surface area contributed by atoms with Crippen molar-refractivity contribution in [2.24, 2.45) is 0 Å². The summed E-state index contributed by atoms with van der Waals surface area (Å²) in [6.45, 7) is 3.51. The Bertz CT molecular complexity index is 959. The molecular weight excluding hydrogens is 374 g/mol. The van der Waals surface area contributed by atoms with Crippen molar-refractivity contribution in [3.63, 3.8) is 0 Å². The lowest BCUT2D eigenvalue weighted by atomic mass is 10.4. The zero-order valence-electron chi connectivity index (χ0n) is 14.5. The lowest BCUT2D eigenvalue weighted by Crippen LogP contribution is -2.16. The molecule has 3 heterocycles. The van der Waals surface area contributed by atoms with Gasteiger partial charge in [0.1, 0.15) is 5.02 Å². The third-order valence-corrected chi connectivity index (χ3v) is 4.03. The summed E-state index contributed by atoms with van der Waals surface area (Å²) in [5, 5.41) is 24.2. The van der Waals surface area contributed by atoms with Crippen LogP contribution >= 0.6 is 11.6 Å². The first-order valence-corrected chi connectivity index (χ1v) is 8.63. The van der Waals surface area contributed by atoms with E-state index in [2.05, 4.69) is 20.6 Å². The molecule has 3 aromatic rings. The van der Waals surface area contributed by atoms with Crippen molar-refractivity contribution < 1.29 is 14.7 Å². The zero-order chi connectivity index (χ0) is 19.4. The molecular formula is C16H18ClN7O3. The van der Waals surface area contributed by atoms with Crippen LogP contribution in [0.1, 0.15) is 29.4 Å². The minimum atomic E-state index is -1.11. The minimum Gasteiger partial charge on any atom is -0.476 e. The van der Waals surface area contributed by atoms with Crippen LogP contribution < -0.4 is 5.32 Å². The average molecular weight is 392 g/mol. The Morgan fingerprint density at radius 2 is 2.04 bits per heavy atom. The van der Waals surface area contributed by atoms with Crippen molar-refractivity contribution in [2.75, 3.05) is 5.32 Å². The highest BCUT2D eigenvalue weighted by Crippen LogP contribution is 2.20. The number of carbonyl (C=O) groups is 2. The molecule has 2 N–H and O–H groups in total. The van der Waals surface area contributed by atoms with Crippen molar-refractivity contribution in [1.82, 2.24) is 29.3 Å². The molecule has 142 valence electrons. The molecule has 0 fully saturated rings. The Morgan fingerprint density at radius 3 is 2.70 bits per heavy atom. The van der Waals surface area contributed by atoms with Crippen LogP contribution in [0.25, 0.3) is 0 Å². The van der Waals surface area contributed by atoms with Crippen molar-refractivity contribution in [2.45, 2.75) is 33.0 Å². The molecule has 0 atom stereocenters. The second-order valence-electron chi connectivity index (χ2n) is 5.79. The lowest BCUT2D eigenvalue weighted by molar-refractivity contribution is -0.116. The molecule has 27 heavy (non-hydrogen) atoms. The first-order chi connectivity index (χ1) is 12.9. The van der Waals surface area contributed by atoms with Gasteiger partial charge in [-0.05, 0) is 13.0 Å². The van der Waals surface area contributed by atoms with Crippen LogP contribution in [-0.2, 0) is 24.4 Å². The summed E-state index contributed by atoms with van der Waals surface area (Å²) in [5.41, 5.74) is 0.908. The van der Waals surface area contributed by atoms with Crippen LogP contribution in [0.5, 0.6) is 0 Å². The quantitative estimate of drug-likeness (QED) is 0.603. The molecule has 0 aromatic carbocycles. The van der Waals surface area contributed by atoms with E-state index in [4.69, 9.17) is 16.7 Å². The van der Waals surface area contributed by atoms with Gasteiger partial charge in [0.25, 0.3) is 0 Å². The molecule has 0 aliphatic rings. The van der Waals surface area contributed by atoms with Gasteiger partial charge in [-0.2, -0.15) is 15.3 Å². The molecule has 3 rings (SSSR count). The van der Waals surface area contributed by atoms with Gasteiger partial charge >= 0.3 is 5.97 Å². The Kier molecular flexibility index (Phi) is 5.55. The van der Waals surface area contributed by atoms with Gasteiger partial charge in [0.05, 0.1) is 12.7 Å². The number of hydrogen-bond donors (Lipinski definition) is 2. The summed E-state index contributed by atoms with van der Waals surface area (Å²) < 4.78 is 4.84. The number of carbonyl (C=O) groups excluding carboxylic acids is 1. The smallest absolute Gasteiger partial charge is 0.356 e. The van der Waals surface area contributed by atoms with Gasteiger partial charge in [0.2, 0.25) is 5.91 Å². The van der Waals surface area contributed by atoms with Gasteiger partial charge in [-0.3, -0.25) is 18.8 Å². The summed E-state index contributed by atoms with van der Waals surface area (Å²) in [6.07, 6.45) is 6.92. The molecule has 0 spiro atoms. The number of aromatic nitrogens is 6. The summed E-state index contributed by atoms with van der Waals surface area (Å²) in [4.78, 5) is 22.9. The maximum absolute atomic E-state index is 12.1. The monoisotopic (exact) mass is 391 g/mol. The minimum absolute atomic E-state index is 0.0661. The van der Waals surface area contributed by atoms with E-state index in [1.165, 1.54) is 16.9 Å². The maximum atomic E-state index is 12.1. The van der Waals surface area contributed by atoms with E-state index in [9.17, 15) is 9.59 Å². The van der Waals surface area contributed by atoms with E-state index in [0.29, 0.717) is 11.6 Å². The van der Waals surface area contributed by atoms with E-state index in [-0.39, 0.29) is 30.4 Å². The van der Waals surface area contributed by atoms with Crippen LogP contribution in [-0.4, -0.2) is 46.3 Å². The van der Waals surface area contributed by atoms with Gasteiger partial charge in [0.15, 0.2) is 11.5 Å². The highest BCUT2D eigenvalue weighted by Gasteiger charge is 2.12. The fourth-order valence-corrected chi connectivity index (χ4v) is 2.62. The van der Waals surface area contributed by atoms with Crippen LogP contribution in [0, 0.1) is 0 Å². The number of rotatable bonds is 8. The molecule has 0 saturated heterocycles. The van der Waals surface area contributed by atoms with Crippen LogP contribution in [0.2, 0.25) is 5.02 Å². The second-order valence-corrected chi connectivity index (χ2v) is 6.20. The largest absolute Gasteiger partial charge is 0.476 e. The zero-order valence-corrected chi connectivity index (χ0v) is 15.3. The molecule has 1 amide bonds. The van der Waals surface area contributed by atoms with Crippen LogP contribution in [0.15, 0.2) is 30.9 Å². The van der Waals surface area contributed by atoms with Gasteiger partial charge < -0.3 is 10.4 Å². The number of carboxylic acids is 1. The first-order valence-electron chi connectivity index (χ1n) is 8.25. The predicted molar refractivity (Wildman–Crippen MR) is 96.7 cm³/mol. The number of nitrogens with zero attached hydrogens (tertiary/aromatic N) is 6. The fraction of sp³-hybridized carbons (Fsp3) is 0.312. The normalized spacial score (nSPS) is 10.9. The highest BCUT2D eigenvalue weighted by molar-refractivity contribution is 6.33. The van der Waals surface area contributed by atoms with E-state index in [0.717, 1.165) is 12.1 Å². The molecule has 10 nitrogen and oxygen atoms in total. The summed E-state index contributed by atoms with van der Waals surface area (Å²) in [7, 11) is 0. The Hall–Kier alpha value is -3.14. The van der Waals surface area contributed by atoms with E-state index < -0.39 is 5.97 Å². The molecule has 3 aromatic heterocycles. The summed E-state index contributed by atoms with van der Waals surface area (Å²) >= 11 is 6.14. The number of aromatic carboxylic acids is 1. The van der Waals surface area contributed by atoms with Crippen LogP contribution in [0.3, 0.4) is 0 Å². The number of aryl methyl sites for hydroxylation is 2. The number of anilines is 1. The average Bonchev–Trinajstić information content (AvgIpc) is 3.34. The van der Waals surface area contributed by atoms with Crippen molar-refractivity contribution >= 4 is 29.3 Å². The fourth-order valence-electron chi connectivity index (χ4n) is 2.42. The molecule has 0 bridgehead atoms. The Balaban J connectivity index is 1.55. The third-order valence-electron chi connectivity index (χ3n) is 3.76. The number of amides is 1. The predicted octanol–water partition coefficient (Wildman–Crippen LogP) is 1.72. The Morgan fingerprint density at radius 1 is 1.22 bits per heavy atom. The lowest BCUT2D eigenvalue weighted by Gasteiger charge is -2.03. The maximum Gasteiger partial charge on any atom is 0.356 e. The van der Waals surface area contributed by atoms with Gasteiger partial charge in [-0.15, -0.1) is 0 Å². The van der Waals surface area contributed by atoms with Crippen molar-refractivity contribution in [3.8, 4) is 0 Å². The second kappa shape index (κ2) is 8.04. The topological polar surface area (TPSA) is 120 Å². The van der Waals surface area contributed by atoms with Gasteiger partial charge in [0, 0.05) is 43.7 Å². The molecule has 0 radical (unpaired) electrons. The van der Waals surface area contributed by atoms with Crippen molar-refractivity contribution in [3.05, 3.63) is 47.1 Å². The SMILES string of the molecule is CCn1cc(Cn2cc(Cl)c(NC(=O)CCn3ccc(C(=O)O)n3)n2)cn1. The van der Waals surface area contributed by atoms with Crippen LogP contribution in [0.4, 0.5) is 5.82 Å². The number of hydrogen-bond acceptors (Lipinski definition) is 5.